The molecule has 1 amide bonds. The molecule has 1 fully saturated rings. The fourth-order valence-electron chi connectivity index (χ4n) is 1.76. The van der Waals surface area contributed by atoms with Crippen molar-refractivity contribution in [3.63, 3.8) is 0 Å². The fourth-order valence-corrected chi connectivity index (χ4v) is 1.76. The topological polar surface area (TPSA) is 49.4 Å². The number of ketones is 1. The summed E-state index contributed by atoms with van der Waals surface area (Å²) >= 11 is 0. The van der Waals surface area contributed by atoms with Crippen molar-refractivity contribution in [3.05, 3.63) is 0 Å². The molecule has 0 radical (unpaired) electrons. The van der Waals surface area contributed by atoms with Crippen molar-refractivity contribution >= 4 is 11.7 Å². The van der Waals surface area contributed by atoms with Crippen molar-refractivity contribution in [1.82, 2.24) is 10.2 Å². The number of nitrogens with zero attached hydrogens (tertiary/aromatic N) is 1. The lowest BCUT2D eigenvalue weighted by Gasteiger charge is -2.19. The monoisotopic (exact) mass is 226 g/mol. The largest absolute Gasteiger partial charge is 0.355 e. The molecule has 0 bridgehead atoms. The maximum Gasteiger partial charge on any atom is 0.220 e. The molecule has 1 saturated carbocycles. The normalized spacial score (nSPS) is 15.2. The van der Waals surface area contributed by atoms with Crippen molar-refractivity contribution in [2.45, 2.75) is 45.6 Å². The standard InChI is InChI=1S/C12H22N2O2/c1-3-14(11-5-6-11)9-8-13-12(16)7-4-10(2)15/h11H,3-9H2,1-2H3,(H,13,16). The van der Waals surface area contributed by atoms with E-state index in [1.54, 1.807) is 0 Å². The van der Waals surface area contributed by atoms with Gasteiger partial charge in [0.25, 0.3) is 0 Å². The van der Waals surface area contributed by atoms with Crippen molar-refractivity contribution in [3.8, 4) is 0 Å². The number of hydrogen-bond donors (Lipinski definition) is 1. The Bertz CT molecular complexity index is 249. The zero-order valence-corrected chi connectivity index (χ0v) is 10.3. The van der Waals surface area contributed by atoms with Crippen molar-refractivity contribution in [1.29, 1.82) is 0 Å². The van der Waals surface area contributed by atoms with Gasteiger partial charge in [0, 0.05) is 32.0 Å². The highest BCUT2D eigenvalue weighted by molar-refractivity contribution is 5.83. The molecule has 1 N–H and O–H groups in total. The fraction of sp³-hybridized carbons (Fsp3) is 0.833. The zero-order valence-electron chi connectivity index (χ0n) is 10.3. The molecule has 0 aromatic rings. The summed E-state index contributed by atoms with van der Waals surface area (Å²) in [6, 6.07) is 0.749. The SMILES string of the molecule is CCN(CCNC(=O)CCC(C)=O)C1CC1. The van der Waals surface area contributed by atoms with E-state index in [1.165, 1.54) is 19.8 Å². The molecule has 0 aliphatic heterocycles. The second-order valence-corrected chi connectivity index (χ2v) is 4.41. The third kappa shape index (κ3) is 5.26. The van der Waals surface area contributed by atoms with E-state index in [0.29, 0.717) is 19.4 Å². The van der Waals surface area contributed by atoms with Crippen LogP contribution in [0.2, 0.25) is 0 Å². The molecule has 1 rings (SSSR count). The van der Waals surface area contributed by atoms with Gasteiger partial charge in [-0.25, -0.2) is 0 Å². The lowest BCUT2D eigenvalue weighted by atomic mass is 10.2. The molecule has 4 heteroatoms. The van der Waals surface area contributed by atoms with Gasteiger partial charge in [-0.3, -0.25) is 9.69 Å². The van der Waals surface area contributed by atoms with Gasteiger partial charge in [0.05, 0.1) is 0 Å². The molecule has 0 unspecified atom stereocenters. The molecule has 0 spiro atoms. The Kier molecular flexibility index (Phi) is 5.46. The number of hydrogen-bond acceptors (Lipinski definition) is 3. The van der Waals surface area contributed by atoms with E-state index in [2.05, 4.69) is 17.1 Å². The van der Waals surface area contributed by atoms with Gasteiger partial charge in [-0.2, -0.15) is 0 Å². The van der Waals surface area contributed by atoms with E-state index < -0.39 is 0 Å². The Morgan fingerprint density at radius 2 is 2.00 bits per heavy atom. The minimum Gasteiger partial charge on any atom is -0.355 e. The predicted molar refractivity (Wildman–Crippen MR) is 63.2 cm³/mol. The van der Waals surface area contributed by atoms with Gasteiger partial charge < -0.3 is 10.1 Å². The minimum atomic E-state index is -0.0120. The van der Waals surface area contributed by atoms with Crippen LogP contribution in [0.5, 0.6) is 0 Å². The Morgan fingerprint density at radius 1 is 1.31 bits per heavy atom. The summed E-state index contributed by atoms with van der Waals surface area (Å²) in [5.41, 5.74) is 0. The Hall–Kier alpha value is -0.900. The van der Waals surface area contributed by atoms with Crippen LogP contribution in [0.15, 0.2) is 0 Å². The van der Waals surface area contributed by atoms with Crippen LogP contribution in [-0.2, 0) is 9.59 Å². The summed E-state index contributed by atoms with van der Waals surface area (Å²) < 4.78 is 0. The molecule has 0 heterocycles. The van der Waals surface area contributed by atoms with Crippen LogP contribution in [0.4, 0.5) is 0 Å². The van der Waals surface area contributed by atoms with Gasteiger partial charge in [0.2, 0.25) is 5.91 Å². The highest BCUT2D eigenvalue weighted by Crippen LogP contribution is 2.25. The molecule has 0 saturated heterocycles. The number of Topliss-reactive ketones (excluding diaryl/α,β-unsaturated/α-hetero) is 1. The van der Waals surface area contributed by atoms with Crippen molar-refractivity contribution < 1.29 is 9.59 Å². The molecule has 0 aromatic heterocycles. The van der Waals surface area contributed by atoms with Crippen LogP contribution >= 0.6 is 0 Å². The Balaban J connectivity index is 2.04. The maximum absolute atomic E-state index is 11.3. The third-order valence-corrected chi connectivity index (χ3v) is 2.89. The molecule has 0 aromatic carbocycles. The van der Waals surface area contributed by atoms with Crippen LogP contribution in [-0.4, -0.2) is 42.3 Å². The first kappa shape index (κ1) is 13.2. The molecule has 92 valence electrons. The summed E-state index contributed by atoms with van der Waals surface area (Å²) in [7, 11) is 0. The minimum absolute atomic E-state index is 0.0120. The highest BCUT2D eigenvalue weighted by Gasteiger charge is 2.27. The van der Waals surface area contributed by atoms with Crippen LogP contribution in [0.3, 0.4) is 0 Å². The van der Waals surface area contributed by atoms with Gasteiger partial charge in [-0.05, 0) is 26.3 Å². The number of rotatable bonds is 8. The van der Waals surface area contributed by atoms with E-state index >= 15 is 0 Å². The number of likely N-dealkylation sites (N-methyl/N-ethyl adjacent to an activating group) is 1. The van der Waals surface area contributed by atoms with Crippen LogP contribution in [0, 0.1) is 0 Å². The van der Waals surface area contributed by atoms with Gasteiger partial charge in [0.15, 0.2) is 0 Å². The summed E-state index contributed by atoms with van der Waals surface area (Å²) in [5.74, 6) is 0.0605. The number of amides is 1. The van der Waals surface area contributed by atoms with Crippen molar-refractivity contribution in [2.75, 3.05) is 19.6 Å². The summed E-state index contributed by atoms with van der Waals surface area (Å²) in [6.45, 7) is 6.33. The predicted octanol–water partition coefficient (Wildman–Crippen LogP) is 0.956. The first-order valence-corrected chi connectivity index (χ1v) is 6.13. The van der Waals surface area contributed by atoms with Gasteiger partial charge in [-0.15, -0.1) is 0 Å². The van der Waals surface area contributed by atoms with E-state index in [1.807, 2.05) is 0 Å². The number of carbonyl (C=O) groups is 2. The first-order chi connectivity index (χ1) is 7.63. The van der Waals surface area contributed by atoms with E-state index in [9.17, 15) is 9.59 Å². The molecule has 1 aliphatic rings. The van der Waals surface area contributed by atoms with Crippen molar-refractivity contribution in [2.24, 2.45) is 0 Å². The van der Waals surface area contributed by atoms with Gasteiger partial charge in [0.1, 0.15) is 5.78 Å². The van der Waals surface area contributed by atoms with E-state index in [4.69, 9.17) is 0 Å². The number of carbonyl (C=O) groups excluding carboxylic acids is 2. The lowest BCUT2D eigenvalue weighted by molar-refractivity contribution is -0.124. The molecule has 1 aliphatic carbocycles. The molecule has 16 heavy (non-hydrogen) atoms. The highest BCUT2D eigenvalue weighted by atomic mass is 16.2. The summed E-state index contributed by atoms with van der Waals surface area (Å²) in [6.07, 6.45) is 3.27. The number of nitrogens with one attached hydrogen (secondary N) is 1. The Morgan fingerprint density at radius 3 is 2.50 bits per heavy atom. The molecular weight excluding hydrogens is 204 g/mol. The molecular formula is C12H22N2O2. The van der Waals surface area contributed by atoms with E-state index in [-0.39, 0.29) is 11.7 Å². The zero-order chi connectivity index (χ0) is 12.0. The average molecular weight is 226 g/mol. The smallest absolute Gasteiger partial charge is 0.220 e. The first-order valence-electron chi connectivity index (χ1n) is 6.13. The molecule has 0 atom stereocenters. The Labute approximate surface area is 97.4 Å². The molecule has 4 nitrogen and oxygen atoms in total. The lowest BCUT2D eigenvalue weighted by Crippen LogP contribution is -2.36. The quantitative estimate of drug-likeness (QED) is 0.670. The summed E-state index contributed by atoms with van der Waals surface area (Å²) in [5, 5.41) is 2.85. The average Bonchev–Trinajstić information content (AvgIpc) is 3.05. The second kappa shape index (κ2) is 6.63. The second-order valence-electron chi connectivity index (χ2n) is 4.41. The third-order valence-electron chi connectivity index (χ3n) is 2.89. The maximum atomic E-state index is 11.3. The van der Waals surface area contributed by atoms with Crippen LogP contribution in [0.25, 0.3) is 0 Å². The van der Waals surface area contributed by atoms with E-state index in [0.717, 1.165) is 19.1 Å². The van der Waals surface area contributed by atoms with Crippen LogP contribution in [0.1, 0.15) is 39.5 Å². The summed E-state index contributed by atoms with van der Waals surface area (Å²) in [4.78, 5) is 24.4. The van der Waals surface area contributed by atoms with Gasteiger partial charge in [-0.1, -0.05) is 6.92 Å². The van der Waals surface area contributed by atoms with Gasteiger partial charge >= 0.3 is 0 Å². The van der Waals surface area contributed by atoms with Crippen LogP contribution < -0.4 is 5.32 Å².